The molecule has 1 aliphatic heterocycles. The van der Waals surface area contributed by atoms with Crippen LogP contribution < -0.4 is 14.8 Å². The van der Waals surface area contributed by atoms with Gasteiger partial charge in [0.15, 0.2) is 11.5 Å². The summed E-state index contributed by atoms with van der Waals surface area (Å²) in [6, 6.07) is 7.86. The van der Waals surface area contributed by atoms with Crippen molar-refractivity contribution in [2.75, 3.05) is 18.5 Å². The number of hydrogen-bond donors (Lipinski definition) is 1. The molecule has 6 heteroatoms. The summed E-state index contributed by atoms with van der Waals surface area (Å²) in [4.78, 5) is 9.54. The van der Waals surface area contributed by atoms with E-state index in [0.717, 1.165) is 39.6 Å². The number of benzene rings is 1. The number of anilines is 2. The summed E-state index contributed by atoms with van der Waals surface area (Å²) in [6.07, 6.45) is 2.48. The summed E-state index contributed by atoms with van der Waals surface area (Å²) in [6.45, 7) is 1.37. The van der Waals surface area contributed by atoms with Crippen molar-refractivity contribution >= 4 is 33.1 Å². The summed E-state index contributed by atoms with van der Waals surface area (Å²) < 4.78 is 11.3. The molecule has 4 rings (SSSR count). The summed E-state index contributed by atoms with van der Waals surface area (Å²) in [7, 11) is 0. The predicted molar refractivity (Wildman–Crippen MR) is 82.7 cm³/mol. The third-order valence-corrected chi connectivity index (χ3v) is 4.09. The molecule has 2 aromatic heterocycles. The zero-order chi connectivity index (χ0) is 14.1. The predicted octanol–water partition coefficient (Wildman–Crippen LogP) is 3.60. The van der Waals surface area contributed by atoms with Gasteiger partial charge >= 0.3 is 0 Å². The van der Waals surface area contributed by atoms with Gasteiger partial charge in [-0.05, 0) is 23.6 Å². The first-order chi connectivity index (χ1) is 10.4. The molecule has 0 aliphatic carbocycles. The van der Waals surface area contributed by atoms with E-state index in [1.165, 1.54) is 0 Å². The van der Waals surface area contributed by atoms with Crippen LogP contribution in [0.4, 0.5) is 11.5 Å². The van der Waals surface area contributed by atoms with Gasteiger partial charge in [0, 0.05) is 18.2 Å². The third-order valence-electron chi connectivity index (χ3n) is 3.27. The molecule has 0 bridgehead atoms. The Morgan fingerprint density at radius 3 is 2.90 bits per heavy atom. The van der Waals surface area contributed by atoms with E-state index in [2.05, 4.69) is 15.3 Å². The maximum absolute atomic E-state index is 5.70. The lowest BCUT2D eigenvalue weighted by atomic mass is 10.2. The number of rotatable bonds is 2. The summed E-state index contributed by atoms with van der Waals surface area (Å²) in [5, 5.41) is 6.36. The largest absolute Gasteiger partial charge is 0.490 e. The second kappa shape index (κ2) is 5.21. The second-order valence-electron chi connectivity index (χ2n) is 4.70. The number of hydrogen-bond acceptors (Lipinski definition) is 6. The van der Waals surface area contributed by atoms with Crippen LogP contribution in [0.3, 0.4) is 0 Å². The van der Waals surface area contributed by atoms with E-state index in [-0.39, 0.29) is 0 Å². The number of ether oxygens (including phenoxy) is 2. The second-order valence-corrected chi connectivity index (χ2v) is 5.59. The van der Waals surface area contributed by atoms with Crippen molar-refractivity contribution in [3.63, 3.8) is 0 Å². The minimum atomic E-state index is 0.679. The van der Waals surface area contributed by atoms with Crippen LogP contribution >= 0.6 is 11.3 Å². The van der Waals surface area contributed by atoms with Crippen LogP contribution in [0.25, 0.3) is 10.2 Å². The maximum Gasteiger partial charge on any atom is 0.163 e. The molecule has 1 N–H and O–H groups in total. The van der Waals surface area contributed by atoms with E-state index in [0.29, 0.717) is 13.2 Å². The summed E-state index contributed by atoms with van der Waals surface area (Å²) in [5.74, 6) is 2.37. The first-order valence-corrected chi connectivity index (χ1v) is 7.63. The van der Waals surface area contributed by atoms with Crippen LogP contribution in [0, 0.1) is 0 Å². The van der Waals surface area contributed by atoms with Crippen molar-refractivity contribution in [2.24, 2.45) is 0 Å². The molecule has 106 valence electrons. The molecule has 1 aromatic carbocycles. The number of nitrogens with one attached hydrogen (secondary N) is 1. The van der Waals surface area contributed by atoms with Gasteiger partial charge in [-0.2, -0.15) is 0 Å². The lowest BCUT2D eigenvalue weighted by Crippen LogP contribution is -1.97. The van der Waals surface area contributed by atoms with Crippen molar-refractivity contribution < 1.29 is 9.47 Å². The lowest BCUT2D eigenvalue weighted by molar-refractivity contribution is 0.297. The van der Waals surface area contributed by atoms with Gasteiger partial charge in [0.2, 0.25) is 0 Å². The number of fused-ring (bicyclic) bond motifs is 2. The van der Waals surface area contributed by atoms with Crippen LogP contribution in [0.2, 0.25) is 0 Å². The van der Waals surface area contributed by atoms with Gasteiger partial charge in [0.1, 0.15) is 17.0 Å². The van der Waals surface area contributed by atoms with E-state index in [4.69, 9.17) is 9.47 Å². The van der Waals surface area contributed by atoms with Gasteiger partial charge in [-0.15, -0.1) is 11.3 Å². The molecule has 0 saturated heterocycles. The van der Waals surface area contributed by atoms with E-state index >= 15 is 0 Å². The monoisotopic (exact) mass is 299 g/mol. The lowest BCUT2D eigenvalue weighted by Gasteiger charge is -2.11. The molecule has 0 amide bonds. The number of aromatic nitrogens is 2. The molecule has 0 saturated carbocycles. The Kier molecular flexibility index (Phi) is 3.08. The first kappa shape index (κ1) is 12.4. The van der Waals surface area contributed by atoms with Crippen LogP contribution in [0.15, 0.2) is 36.0 Å². The molecular weight excluding hydrogens is 286 g/mol. The topological polar surface area (TPSA) is 56.3 Å². The maximum atomic E-state index is 5.70. The fourth-order valence-corrected chi connectivity index (χ4v) is 3.00. The highest BCUT2D eigenvalue weighted by Crippen LogP contribution is 2.34. The Bertz CT molecular complexity index is 787. The molecule has 3 aromatic rings. The van der Waals surface area contributed by atoms with Crippen LogP contribution in [-0.2, 0) is 0 Å². The number of thiophene rings is 1. The summed E-state index contributed by atoms with van der Waals surface area (Å²) >= 11 is 1.60. The SMILES string of the molecule is c1nc(Nc2ccc3c(c2)OCCCO3)c2ccsc2n1. The van der Waals surface area contributed by atoms with Crippen molar-refractivity contribution in [1.82, 2.24) is 9.97 Å². The van der Waals surface area contributed by atoms with Crippen molar-refractivity contribution in [1.29, 1.82) is 0 Å². The molecule has 0 spiro atoms. The van der Waals surface area contributed by atoms with Crippen molar-refractivity contribution in [3.8, 4) is 11.5 Å². The molecular formula is C15H13N3O2S. The average Bonchev–Trinajstić information content (AvgIpc) is 2.87. The van der Waals surface area contributed by atoms with Crippen molar-refractivity contribution in [3.05, 3.63) is 36.0 Å². The van der Waals surface area contributed by atoms with Crippen LogP contribution in [-0.4, -0.2) is 23.2 Å². The Labute approximate surface area is 125 Å². The third kappa shape index (κ3) is 2.38. The molecule has 0 unspecified atom stereocenters. The van der Waals surface area contributed by atoms with Gasteiger partial charge in [0.25, 0.3) is 0 Å². The Balaban J connectivity index is 1.68. The van der Waals surface area contributed by atoms with Crippen LogP contribution in [0.5, 0.6) is 11.5 Å². The summed E-state index contributed by atoms with van der Waals surface area (Å²) in [5.41, 5.74) is 0.922. The smallest absolute Gasteiger partial charge is 0.163 e. The normalized spacial score (nSPS) is 13.9. The molecule has 5 nitrogen and oxygen atoms in total. The highest BCUT2D eigenvalue weighted by molar-refractivity contribution is 7.16. The van der Waals surface area contributed by atoms with Gasteiger partial charge in [0.05, 0.1) is 18.6 Å². The standard InChI is InChI=1S/C15H13N3O2S/c1-5-19-12-3-2-10(8-13(12)20-6-1)18-14-11-4-7-21-15(11)17-9-16-14/h2-4,7-9H,1,5-6H2,(H,16,17,18). The Hall–Kier alpha value is -2.34. The van der Waals surface area contributed by atoms with Crippen LogP contribution in [0.1, 0.15) is 6.42 Å². The zero-order valence-electron chi connectivity index (χ0n) is 11.2. The van der Waals surface area contributed by atoms with Crippen molar-refractivity contribution in [2.45, 2.75) is 6.42 Å². The number of nitrogens with zero attached hydrogens (tertiary/aromatic N) is 2. The highest BCUT2D eigenvalue weighted by Gasteiger charge is 2.12. The van der Waals surface area contributed by atoms with Gasteiger partial charge < -0.3 is 14.8 Å². The molecule has 0 radical (unpaired) electrons. The van der Waals surface area contributed by atoms with Gasteiger partial charge in [-0.1, -0.05) is 0 Å². The van der Waals surface area contributed by atoms with E-state index in [1.807, 2.05) is 29.6 Å². The van der Waals surface area contributed by atoms with Gasteiger partial charge in [-0.25, -0.2) is 9.97 Å². The van der Waals surface area contributed by atoms with Gasteiger partial charge in [-0.3, -0.25) is 0 Å². The molecule has 3 heterocycles. The Morgan fingerprint density at radius 1 is 1.05 bits per heavy atom. The highest BCUT2D eigenvalue weighted by atomic mass is 32.1. The van der Waals surface area contributed by atoms with E-state index < -0.39 is 0 Å². The minimum Gasteiger partial charge on any atom is -0.490 e. The average molecular weight is 299 g/mol. The van der Waals surface area contributed by atoms with E-state index in [9.17, 15) is 0 Å². The fraction of sp³-hybridized carbons (Fsp3) is 0.200. The molecule has 0 fully saturated rings. The molecule has 0 atom stereocenters. The quantitative estimate of drug-likeness (QED) is 0.783. The van der Waals surface area contributed by atoms with E-state index in [1.54, 1.807) is 17.7 Å². The fourth-order valence-electron chi connectivity index (χ4n) is 2.27. The molecule has 1 aliphatic rings. The Morgan fingerprint density at radius 2 is 1.95 bits per heavy atom. The minimum absolute atomic E-state index is 0.679. The zero-order valence-corrected chi connectivity index (χ0v) is 12.0. The first-order valence-electron chi connectivity index (χ1n) is 6.75. The molecule has 21 heavy (non-hydrogen) atoms.